The summed E-state index contributed by atoms with van der Waals surface area (Å²) >= 11 is 0. The Hall–Kier alpha value is -2.23. The molecule has 0 bridgehead atoms. The number of carboxylic acid groups (broad SMARTS) is 1. The van der Waals surface area contributed by atoms with E-state index in [-0.39, 0.29) is 0 Å². The Bertz CT molecular complexity index is 589. The number of anilines is 1. The molecule has 98 valence electrons. The van der Waals surface area contributed by atoms with Crippen molar-refractivity contribution < 1.29 is 14.3 Å². The zero-order valence-electron chi connectivity index (χ0n) is 10.5. The topological polar surface area (TPSA) is 53.7 Å². The molecule has 4 nitrogen and oxygen atoms in total. The van der Waals surface area contributed by atoms with E-state index in [9.17, 15) is 4.79 Å². The number of furan rings is 1. The fourth-order valence-electron chi connectivity index (χ4n) is 2.56. The zero-order valence-corrected chi connectivity index (χ0v) is 10.5. The van der Waals surface area contributed by atoms with Gasteiger partial charge in [0.15, 0.2) is 0 Å². The lowest BCUT2D eigenvalue weighted by Gasteiger charge is -2.30. The number of rotatable bonds is 3. The van der Waals surface area contributed by atoms with Gasteiger partial charge in [-0.25, -0.2) is 4.79 Å². The van der Waals surface area contributed by atoms with Gasteiger partial charge in [0.1, 0.15) is 5.76 Å². The molecule has 0 amide bonds. The van der Waals surface area contributed by atoms with Crippen LogP contribution in [0.3, 0.4) is 0 Å². The summed E-state index contributed by atoms with van der Waals surface area (Å²) in [5.41, 5.74) is 2.59. The highest BCUT2D eigenvalue weighted by molar-refractivity contribution is 5.88. The van der Waals surface area contributed by atoms with Crippen LogP contribution in [0.25, 0.3) is 0 Å². The second-order valence-corrected chi connectivity index (χ2v) is 4.75. The van der Waals surface area contributed by atoms with Crippen LogP contribution < -0.4 is 4.90 Å². The molecule has 0 unspecified atom stereocenters. The van der Waals surface area contributed by atoms with Gasteiger partial charge < -0.3 is 14.4 Å². The van der Waals surface area contributed by atoms with Crippen LogP contribution in [0.2, 0.25) is 0 Å². The van der Waals surface area contributed by atoms with Crippen LogP contribution in [0.4, 0.5) is 5.69 Å². The van der Waals surface area contributed by atoms with Crippen LogP contribution in [-0.2, 0) is 13.0 Å². The Kier molecular flexibility index (Phi) is 2.99. The molecule has 0 aliphatic carbocycles. The van der Waals surface area contributed by atoms with Crippen molar-refractivity contribution in [1.29, 1.82) is 0 Å². The molecule has 1 aromatic heterocycles. The summed E-state index contributed by atoms with van der Waals surface area (Å²) in [6.45, 7) is 1.70. The van der Waals surface area contributed by atoms with E-state index < -0.39 is 5.97 Å². The standard InChI is InChI=1S/C15H15NO3/c17-15(18)12-5-6-14-11(9-12)3-1-7-16(14)10-13-4-2-8-19-13/h2,4-6,8-9H,1,3,7,10H2,(H,17,18). The van der Waals surface area contributed by atoms with Crippen molar-refractivity contribution in [1.82, 2.24) is 0 Å². The fraction of sp³-hybridized carbons (Fsp3) is 0.267. The lowest BCUT2D eigenvalue weighted by atomic mass is 9.99. The summed E-state index contributed by atoms with van der Waals surface area (Å²) in [7, 11) is 0. The second-order valence-electron chi connectivity index (χ2n) is 4.75. The van der Waals surface area contributed by atoms with Crippen molar-refractivity contribution in [3.63, 3.8) is 0 Å². The molecule has 1 aliphatic heterocycles. The number of carbonyl (C=O) groups is 1. The molecule has 1 aliphatic rings. The van der Waals surface area contributed by atoms with E-state index in [2.05, 4.69) is 4.90 Å². The minimum Gasteiger partial charge on any atom is -0.478 e. The number of hydrogen-bond donors (Lipinski definition) is 1. The predicted octanol–water partition coefficient (Wildman–Crippen LogP) is 2.93. The molecule has 0 spiro atoms. The Morgan fingerprint density at radius 3 is 3.00 bits per heavy atom. The van der Waals surface area contributed by atoms with Gasteiger partial charge in [-0.05, 0) is 48.7 Å². The average Bonchev–Trinajstić information content (AvgIpc) is 2.91. The van der Waals surface area contributed by atoms with Crippen molar-refractivity contribution in [3.05, 3.63) is 53.5 Å². The summed E-state index contributed by atoms with van der Waals surface area (Å²) in [5.74, 6) is 0.0566. The van der Waals surface area contributed by atoms with Crippen molar-refractivity contribution in [2.45, 2.75) is 19.4 Å². The van der Waals surface area contributed by atoms with Gasteiger partial charge >= 0.3 is 5.97 Å². The Labute approximate surface area is 111 Å². The average molecular weight is 257 g/mol. The summed E-state index contributed by atoms with van der Waals surface area (Å²) in [6.07, 6.45) is 3.65. The van der Waals surface area contributed by atoms with Crippen molar-refractivity contribution in [2.75, 3.05) is 11.4 Å². The normalized spacial score (nSPS) is 14.2. The largest absolute Gasteiger partial charge is 0.478 e. The van der Waals surface area contributed by atoms with Crippen molar-refractivity contribution >= 4 is 11.7 Å². The second kappa shape index (κ2) is 4.80. The summed E-state index contributed by atoms with van der Waals surface area (Å²) in [5, 5.41) is 9.03. The van der Waals surface area contributed by atoms with Crippen LogP contribution in [0.15, 0.2) is 41.0 Å². The summed E-state index contributed by atoms with van der Waals surface area (Å²) in [6, 6.07) is 9.20. The molecular weight excluding hydrogens is 242 g/mol. The fourth-order valence-corrected chi connectivity index (χ4v) is 2.56. The number of benzene rings is 1. The van der Waals surface area contributed by atoms with Crippen LogP contribution in [0.5, 0.6) is 0 Å². The third-order valence-corrected chi connectivity index (χ3v) is 3.47. The summed E-state index contributed by atoms with van der Waals surface area (Å²) < 4.78 is 5.38. The number of hydrogen-bond acceptors (Lipinski definition) is 3. The van der Waals surface area contributed by atoms with Crippen LogP contribution in [-0.4, -0.2) is 17.6 Å². The molecule has 3 rings (SSSR count). The maximum Gasteiger partial charge on any atom is 0.335 e. The quantitative estimate of drug-likeness (QED) is 0.918. The molecule has 4 heteroatoms. The van der Waals surface area contributed by atoms with Gasteiger partial charge in [0.05, 0.1) is 18.4 Å². The van der Waals surface area contributed by atoms with E-state index in [1.165, 1.54) is 0 Å². The highest BCUT2D eigenvalue weighted by Crippen LogP contribution is 2.29. The molecule has 0 radical (unpaired) electrons. The van der Waals surface area contributed by atoms with E-state index in [1.54, 1.807) is 18.4 Å². The highest BCUT2D eigenvalue weighted by Gasteiger charge is 2.19. The van der Waals surface area contributed by atoms with Crippen molar-refractivity contribution in [2.24, 2.45) is 0 Å². The lowest BCUT2D eigenvalue weighted by Crippen LogP contribution is -2.28. The molecule has 2 aromatic rings. The number of aryl methyl sites for hydroxylation is 1. The Balaban J connectivity index is 1.89. The van der Waals surface area contributed by atoms with E-state index in [1.807, 2.05) is 18.2 Å². The summed E-state index contributed by atoms with van der Waals surface area (Å²) in [4.78, 5) is 13.2. The number of nitrogens with zero attached hydrogens (tertiary/aromatic N) is 1. The Morgan fingerprint density at radius 1 is 1.37 bits per heavy atom. The first-order valence-electron chi connectivity index (χ1n) is 6.37. The van der Waals surface area contributed by atoms with Gasteiger partial charge in [-0.1, -0.05) is 0 Å². The molecule has 19 heavy (non-hydrogen) atoms. The van der Waals surface area contributed by atoms with Crippen molar-refractivity contribution in [3.8, 4) is 0 Å². The zero-order chi connectivity index (χ0) is 13.2. The van der Waals surface area contributed by atoms with Crippen LogP contribution in [0.1, 0.15) is 28.1 Å². The smallest absolute Gasteiger partial charge is 0.335 e. The van der Waals surface area contributed by atoms with Gasteiger partial charge in [-0.15, -0.1) is 0 Å². The molecule has 0 saturated heterocycles. The molecular formula is C15H15NO3. The SMILES string of the molecule is O=C(O)c1ccc2c(c1)CCCN2Cc1ccco1. The maximum atomic E-state index is 11.0. The molecule has 0 fully saturated rings. The Morgan fingerprint density at radius 2 is 2.26 bits per heavy atom. The lowest BCUT2D eigenvalue weighted by molar-refractivity contribution is 0.0696. The molecule has 1 aromatic carbocycles. The van der Waals surface area contributed by atoms with Crippen LogP contribution >= 0.6 is 0 Å². The number of fused-ring (bicyclic) bond motifs is 1. The third-order valence-electron chi connectivity index (χ3n) is 3.47. The van der Waals surface area contributed by atoms with E-state index in [0.717, 1.165) is 42.9 Å². The van der Waals surface area contributed by atoms with Gasteiger partial charge in [0.25, 0.3) is 0 Å². The third kappa shape index (κ3) is 2.34. The number of carboxylic acids is 1. The minimum atomic E-state index is -0.869. The highest BCUT2D eigenvalue weighted by atomic mass is 16.4. The molecule has 0 saturated carbocycles. The first-order chi connectivity index (χ1) is 9.24. The molecule has 0 atom stereocenters. The monoisotopic (exact) mass is 257 g/mol. The first kappa shape index (κ1) is 11.8. The van der Waals surface area contributed by atoms with Gasteiger partial charge in [0.2, 0.25) is 0 Å². The van der Waals surface area contributed by atoms with E-state index in [4.69, 9.17) is 9.52 Å². The van der Waals surface area contributed by atoms with E-state index >= 15 is 0 Å². The molecule has 2 heterocycles. The first-order valence-corrected chi connectivity index (χ1v) is 6.37. The van der Waals surface area contributed by atoms with Gasteiger partial charge in [0, 0.05) is 12.2 Å². The maximum absolute atomic E-state index is 11.0. The van der Waals surface area contributed by atoms with Gasteiger partial charge in [-0.2, -0.15) is 0 Å². The van der Waals surface area contributed by atoms with Gasteiger partial charge in [-0.3, -0.25) is 0 Å². The predicted molar refractivity (Wildman–Crippen MR) is 71.5 cm³/mol. The minimum absolute atomic E-state index is 0.360. The number of aromatic carboxylic acids is 1. The molecule has 1 N–H and O–H groups in total. The van der Waals surface area contributed by atoms with Crippen LogP contribution in [0, 0.1) is 0 Å². The van der Waals surface area contributed by atoms with E-state index in [0.29, 0.717) is 5.56 Å².